The molecule has 0 radical (unpaired) electrons. The first-order valence-corrected chi connectivity index (χ1v) is 10.6. The number of halogens is 1. The zero-order chi connectivity index (χ0) is 20.1. The Morgan fingerprint density at radius 2 is 1.82 bits per heavy atom. The van der Waals surface area contributed by atoms with Crippen LogP contribution in [0, 0.1) is 13.8 Å². The van der Waals surface area contributed by atoms with Crippen LogP contribution in [0.2, 0.25) is 5.02 Å². The Hall–Kier alpha value is -2.24. The Kier molecular flexibility index (Phi) is 6.81. The Morgan fingerprint density at radius 1 is 1.11 bits per heavy atom. The number of nitrogens with one attached hydrogen (secondary N) is 1. The van der Waals surface area contributed by atoms with E-state index < -0.39 is 0 Å². The van der Waals surface area contributed by atoms with Gasteiger partial charge >= 0.3 is 5.63 Å². The zero-order valence-corrected chi connectivity index (χ0v) is 17.5. The molecule has 0 atom stereocenters. The zero-order valence-electron chi connectivity index (χ0n) is 15.9. The lowest BCUT2D eigenvalue weighted by Gasteiger charge is -2.09. The summed E-state index contributed by atoms with van der Waals surface area (Å²) in [5.74, 6) is 0.904. The smallest absolute Gasteiger partial charge is 0.336 e. The van der Waals surface area contributed by atoms with Crippen molar-refractivity contribution in [3.05, 3.63) is 80.2 Å². The fourth-order valence-electron chi connectivity index (χ4n) is 2.90. The van der Waals surface area contributed by atoms with E-state index in [1.807, 2.05) is 50.2 Å². The third-order valence-corrected chi connectivity index (χ3v) is 5.82. The number of rotatable bonds is 7. The van der Waals surface area contributed by atoms with Crippen LogP contribution < -0.4 is 10.9 Å². The Balaban J connectivity index is 1.53. The number of benzene rings is 2. The second kappa shape index (κ2) is 9.30. The van der Waals surface area contributed by atoms with Gasteiger partial charge in [0.05, 0.1) is 5.75 Å². The van der Waals surface area contributed by atoms with E-state index in [0.29, 0.717) is 28.7 Å². The van der Waals surface area contributed by atoms with Crippen LogP contribution in [-0.4, -0.2) is 18.2 Å². The van der Waals surface area contributed by atoms with Crippen LogP contribution in [0.3, 0.4) is 0 Å². The number of fused-ring (bicyclic) bond motifs is 1. The van der Waals surface area contributed by atoms with Gasteiger partial charge in [-0.05, 0) is 66.8 Å². The van der Waals surface area contributed by atoms with Gasteiger partial charge in [0.25, 0.3) is 0 Å². The van der Waals surface area contributed by atoms with Gasteiger partial charge < -0.3 is 9.73 Å². The van der Waals surface area contributed by atoms with E-state index in [1.165, 1.54) is 17.8 Å². The van der Waals surface area contributed by atoms with Crippen molar-refractivity contribution in [2.75, 3.05) is 12.3 Å². The number of carbonyl (C=O) groups is 1. The largest absolute Gasteiger partial charge is 0.423 e. The van der Waals surface area contributed by atoms with Crippen molar-refractivity contribution in [3.63, 3.8) is 0 Å². The van der Waals surface area contributed by atoms with E-state index in [2.05, 4.69) is 5.32 Å². The first-order valence-electron chi connectivity index (χ1n) is 9.05. The highest BCUT2D eigenvalue weighted by Gasteiger charge is 2.09. The topological polar surface area (TPSA) is 59.3 Å². The minimum atomic E-state index is -0.362. The van der Waals surface area contributed by atoms with Gasteiger partial charge in [0, 0.05) is 28.8 Å². The van der Waals surface area contributed by atoms with E-state index in [9.17, 15) is 9.59 Å². The van der Waals surface area contributed by atoms with Crippen LogP contribution in [-0.2, 0) is 17.0 Å². The molecule has 3 aromatic rings. The maximum absolute atomic E-state index is 12.1. The summed E-state index contributed by atoms with van der Waals surface area (Å²) >= 11 is 7.35. The molecule has 1 N–H and O–H groups in total. The van der Waals surface area contributed by atoms with Crippen LogP contribution in [0.4, 0.5) is 0 Å². The van der Waals surface area contributed by atoms with E-state index in [1.54, 1.807) is 0 Å². The molecule has 6 heteroatoms. The van der Waals surface area contributed by atoms with Crippen molar-refractivity contribution >= 4 is 40.2 Å². The summed E-state index contributed by atoms with van der Waals surface area (Å²) in [6.07, 6.45) is 0.760. The van der Waals surface area contributed by atoms with E-state index in [-0.39, 0.29) is 11.5 Å². The van der Waals surface area contributed by atoms with Gasteiger partial charge in [-0.25, -0.2) is 4.79 Å². The molecule has 1 aromatic heterocycles. The molecule has 1 amide bonds. The van der Waals surface area contributed by atoms with E-state index in [0.717, 1.165) is 34.1 Å². The summed E-state index contributed by atoms with van der Waals surface area (Å²) in [7, 11) is 0. The number of carbonyl (C=O) groups excluding carboxylic acids is 1. The predicted octanol–water partition coefficient (Wildman–Crippen LogP) is 4.66. The summed E-state index contributed by atoms with van der Waals surface area (Å²) in [5, 5.41) is 4.56. The molecule has 4 nitrogen and oxygen atoms in total. The highest BCUT2D eigenvalue weighted by atomic mass is 35.5. The molecule has 0 aliphatic heterocycles. The Bertz CT molecular complexity index is 1040. The summed E-state index contributed by atoms with van der Waals surface area (Å²) in [4.78, 5) is 23.9. The molecule has 0 spiro atoms. The van der Waals surface area contributed by atoms with Gasteiger partial charge in [-0.2, -0.15) is 0 Å². The third-order valence-electron chi connectivity index (χ3n) is 4.58. The molecule has 0 saturated heterocycles. The minimum Gasteiger partial charge on any atom is -0.423 e. The first-order chi connectivity index (χ1) is 13.4. The second-order valence-corrected chi connectivity index (χ2v) is 8.16. The standard InChI is InChI=1S/C22H22ClNO3S/c1-14-9-19-17(11-22(26)27-20(19)10-15(14)2)12-28-13-21(25)24-8-7-16-3-5-18(23)6-4-16/h3-6,9-11H,7-8,12-13H2,1-2H3,(H,24,25). The molecule has 2 aromatic carbocycles. The van der Waals surface area contributed by atoms with Crippen LogP contribution in [0.15, 0.2) is 51.7 Å². The molecule has 0 saturated carbocycles. The van der Waals surface area contributed by atoms with Gasteiger partial charge in [0.1, 0.15) is 5.58 Å². The summed E-state index contributed by atoms with van der Waals surface area (Å²) in [6.45, 7) is 4.60. The van der Waals surface area contributed by atoms with Crippen molar-refractivity contribution in [2.45, 2.75) is 26.0 Å². The molecule has 0 fully saturated rings. The van der Waals surface area contributed by atoms with Crippen molar-refractivity contribution in [1.29, 1.82) is 0 Å². The quantitative estimate of drug-likeness (QED) is 0.570. The highest BCUT2D eigenvalue weighted by molar-refractivity contribution is 7.99. The van der Waals surface area contributed by atoms with Gasteiger partial charge in [0.15, 0.2) is 0 Å². The molecular weight excluding hydrogens is 394 g/mol. The van der Waals surface area contributed by atoms with Gasteiger partial charge in [-0.15, -0.1) is 11.8 Å². The lowest BCUT2D eigenvalue weighted by molar-refractivity contribution is -0.118. The van der Waals surface area contributed by atoms with Crippen molar-refractivity contribution in [3.8, 4) is 0 Å². The van der Waals surface area contributed by atoms with E-state index >= 15 is 0 Å². The summed E-state index contributed by atoms with van der Waals surface area (Å²) < 4.78 is 5.32. The molecule has 1 heterocycles. The maximum Gasteiger partial charge on any atom is 0.336 e. The highest BCUT2D eigenvalue weighted by Crippen LogP contribution is 2.24. The molecule has 0 aliphatic carbocycles. The molecule has 28 heavy (non-hydrogen) atoms. The van der Waals surface area contributed by atoms with Crippen molar-refractivity contribution in [1.82, 2.24) is 5.32 Å². The monoisotopic (exact) mass is 415 g/mol. The van der Waals surface area contributed by atoms with Crippen molar-refractivity contribution < 1.29 is 9.21 Å². The van der Waals surface area contributed by atoms with Crippen LogP contribution in [0.5, 0.6) is 0 Å². The second-order valence-electron chi connectivity index (χ2n) is 6.74. The Labute approximate surface area is 173 Å². The number of hydrogen-bond acceptors (Lipinski definition) is 4. The normalized spacial score (nSPS) is 11.0. The lowest BCUT2D eigenvalue weighted by atomic mass is 10.0. The summed E-state index contributed by atoms with van der Waals surface area (Å²) in [5.41, 5.74) is 4.49. The van der Waals surface area contributed by atoms with Crippen molar-refractivity contribution in [2.24, 2.45) is 0 Å². The number of hydrogen-bond donors (Lipinski definition) is 1. The lowest BCUT2D eigenvalue weighted by Crippen LogP contribution is -2.27. The minimum absolute atomic E-state index is 0.0155. The number of amides is 1. The van der Waals surface area contributed by atoms with Crippen LogP contribution in [0.25, 0.3) is 11.0 Å². The fourth-order valence-corrected chi connectivity index (χ4v) is 3.88. The Morgan fingerprint density at radius 3 is 2.57 bits per heavy atom. The fraction of sp³-hybridized carbons (Fsp3) is 0.273. The number of aryl methyl sites for hydroxylation is 2. The van der Waals surface area contributed by atoms with Crippen LogP contribution >= 0.6 is 23.4 Å². The predicted molar refractivity (Wildman–Crippen MR) is 116 cm³/mol. The maximum atomic E-state index is 12.1. The SMILES string of the molecule is Cc1cc2oc(=O)cc(CSCC(=O)NCCc3ccc(Cl)cc3)c2cc1C. The average molecular weight is 416 g/mol. The van der Waals surface area contributed by atoms with Gasteiger partial charge in [0.2, 0.25) is 5.91 Å². The first kappa shape index (κ1) is 20.5. The molecule has 3 rings (SSSR count). The molecule has 0 bridgehead atoms. The van der Waals surface area contributed by atoms with Crippen LogP contribution in [0.1, 0.15) is 22.3 Å². The van der Waals surface area contributed by atoms with E-state index in [4.69, 9.17) is 16.0 Å². The third kappa shape index (κ3) is 5.40. The molecule has 0 unspecified atom stereocenters. The molecule has 146 valence electrons. The summed E-state index contributed by atoms with van der Waals surface area (Å²) in [6, 6.07) is 13.1. The average Bonchev–Trinajstić information content (AvgIpc) is 2.65. The molecular formula is C22H22ClNO3S. The molecule has 0 aliphatic rings. The van der Waals surface area contributed by atoms with Gasteiger partial charge in [-0.3, -0.25) is 4.79 Å². The number of thioether (sulfide) groups is 1. The van der Waals surface area contributed by atoms with Gasteiger partial charge in [-0.1, -0.05) is 23.7 Å².